The molecule has 0 spiro atoms. The van der Waals surface area contributed by atoms with E-state index < -0.39 is 5.54 Å². The lowest BCUT2D eigenvalue weighted by Crippen LogP contribution is -2.63. The molecular formula is C14H17FN2O2. The van der Waals surface area contributed by atoms with Crippen LogP contribution in [0.3, 0.4) is 0 Å². The van der Waals surface area contributed by atoms with E-state index in [-0.39, 0.29) is 17.6 Å². The highest BCUT2D eigenvalue weighted by Crippen LogP contribution is 2.21. The maximum Gasteiger partial charge on any atom is 0.254 e. The number of benzene rings is 1. The Morgan fingerprint density at radius 2 is 2.11 bits per heavy atom. The summed E-state index contributed by atoms with van der Waals surface area (Å²) in [6.07, 6.45) is 0. The molecule has 2 amide bonds. The van der Waals surface area contributed by atoms with E-state index in [1.165, 1.54) is 23.1 Å². The Morgan fingerprint density at radius 3 is 2.74 bits per heavy atom. The topological polar surface area (TPSA) is 49.4 Å². The number of rotatable bonds is 1. The summed E-state index contributed by atoms with van der Waals surface area (Å²) < 4.78 is 13.2. The van der Waals surface area contributed by atoms with Crippen LogP contribution in [0.25, 0.3) is 0 Å². The SMILES string of the molecule is Cc1cc(C(=O)N2CCNC(=O)C2(C)C)ccc1F. The Morgan fingerprint density at radius 1 is 1.42 bits per heavy atom. The van der Waals surface area contributed by atoms with Gasteiger partial charge in [0.2, 0.25) is 5.91 Å². The molecule has 1 fully saturated rings. The van der Waals surface area contributed by atoms with Gasteiger partial charge in [-0.25, -0.2) is 4.39 Å². The minimum absolute atomic E-state index is 0.175. The van der Waals surface area contributed by atoms with Crippen molar-refractivity contribution in [2.75, 3.05) is 13.1 Å². The van der Waals surface area contributed by atoms with Gasteiger partial charge in [-0.1, -0.05) is 0 Å². The molecule has 102 valence electrons. The second-order valence-electron chi connectivity index (χ2n) is 5.24. The largest absolute Gasteiger partial charge is 0.352 e. The van der Waals surface area contributed by atoms with E-state index in [9.17, 15) is 14.0 Å². The Labute approximate surface area is 111 Å². The van der Waals surface area contributed by atoms with Crippen LogP contribution in [0, 0.1) is 12.7 Å². The molecule has 0 aromatic heterocycles. The summed E-state index contributed by atoms with van der Waals surface area (Å²) in [4.78, 5) is 25.8. The van der Waals surface area contributed by atoms with Gasteiger partial charge in [0.1, 0.15) is 11.4 Å². The van der Waals surface area contributed by atoms with Crippen LogP contribution in [0.2, 0.25) is 0 Å². The van der Waals surface area contributed by atoms with Crippen molar-refractivity contribution in [2.45, 2.75) is 26.3 Å². The van der Waals surface area contributed by atoms with E-state index in [2.05, 4.69) is 5.32 Å². The summed E-state index contributed by atoms with van der Waals surface area (Å²) in [6.45, 7) is 5.91. The molecule has 0 bridgehead atoms. The van der Waals surface area contributed by atoms with Crippen LogP contribution in [0.4, 0.5) is 4.39 Å². The Bertz CT molecular complexity index is 540. The van der Waals surface area contributed by atoms with E-state index >= 15 is 0 Å². The fourth-order valence-electron chi connectivity index (χ4n) is 2.19. The lowest BCUT2D eigenvalue weighted by Gasteiger charge is -2.41. The third-order valence-electron chi connectivity index (χ3n) is 3.50. The summed E-state index contributed by atoms with van der Waals surface area (Å²) in [7, 11) is 0. The van der Waals surface area contributed by atoms with E-state index in [0.29, 0.717) is 24.2 Å². The van der Waals surface area contributed by atoms with Gasteiger partial charge in [0.05, 0.1) is 0 Å². The predicted molar refractivity (Wildman–Crippen MR) is 69.3 cm³/mol. The number of aryl methyl sites for hydroxylation is 1. The molecule has 2 rings (SSSR count). The van der Waals surface area contributed by atoms with Crippen molar-refractivity contribution in [1.29, 1.82) is 0 Å². The van der Waals surface area contributed by atoms with Crippen LogP contribution in [0.1, 0.15) is 29.8 Å². The summed E-state index contributed by atoms with van der Waals surface area (Å²) in [5.41, 5.74) is -0.0655. The van der Waals surface area contributed by atoms with Crippen molar-refractivity contribution in [3.8, 4) is 0 Å². The number of piperazine rings is 1. The van der Waals surface area contributed by atoms with Gasteiger partial charge in [0.25, 0.3) is 5.91 Å². The van der Waals surface area contributed by atoms with Gasteiger partial charge in [-0.15, -0.1) is 0 Å². The molecule has 19 heavy (non-hydrogen) atoms. The molecule has 1 aliphatic heterocycles. The molecule has 4 nitrogen and oxygen atoms in total. The first-order chi connectivity index (χ1) is 8.84. The zero-order valence-electron chi connectivity index (χ0n) is 11.3. The normalized spacial score (nSPS) is 18.1. The second kappa shape index (κ2) is 4.64. The van der Waals surface area contributed by atoms with Crippen molar-refractivity contribution < 1.29 is 14.0 Å². The molecule has 0 atom stereocenters. The average molecular weight is 264 g/mol. The highest BCUT2D eigenvalue weighted by Gasteiger charge is 2.40. The molecule has 1 aliphatic rings. The number of amides is 2. The molecule has 0 aliphatic carbocycles. The van der Waals surface area contributed by atoms with Gasteiger partial charge in [-0.05, 0) is 44.5 Å². The highest BCUT2D eigenvalue weighted by atomic mass is 19.1. The maximum absolute atomic E-state index is 13.2. The first-order valence-corrected chi connectivity index (χ1v) is 6.20. The van der Waals surface area contributed by atoms with Crippen LogP contribution >= 0.6 is 0 Å². The fourth-order valence-corrected chi connectivity index (χ4v) is 2.19. The van der Waals surface area contributed by atoms with Crippen molar-refractivity contribution in [2.24, 2.45) is 0 Å². The first-order valence-electron chi connectivity index (χ1n) is 6.20. The van der Waals surface area contributed by atoms with Gasteiger partial charge < -0.3 is 10.2 Å². The summed E-state index contributed by atoms with van der Waals surface area (Å²) in [5, 5.41) is 2.74. The predicted octanol–water partition coefficient (Wildman–Crippen LogP) is 1.48. The average Bonchev–Trinajstić information content (AvgIpc) is 2.35. The van der Waals surface area contributed by atoms with Crippen molar-refractivity contribution >= 4 is 11.8 Å². The minimum Gasteiger partial charge on any atom is -0.352 e. The van der Waals surface area contributed by atoms with E-state index in [1.807, 2.05) is 0 Å². The lowest BCUT2D eigenvalue weighted by atomic mass is 9.97. The summed E-state index contributed by atoms with van der Waals surface area (Å²) >= 11 is 0. The van der Waals surface area contributed by atoms with Crippen LogP contribution < -0.4 is 5.32 Å². The van der Waals surface area contributed by atoms with Crippen molar-refractivity contribution in [3.63, 3.8) is 0 Å². The fraction of sp³-hybridized carbons (Fsp3) is 0.429. The molecule has 0 saturated carbocycles. The second-order valence-corrected chi connectivity index (χ2v) is 5.24. The molecule has 1 aromatic rings. The van der Waals surface area contributed by atoms with Crippen LogP contribution in [0.5, 0.6) is 0 Å². The van der Waals surface area contributed by atoms with Gasteiger partial charge in [-0.2, -0.15) is 0 Å². The zero-order valence-corrected chi connectivity index (χ0v) is 11.3. The van der Waals surface area contributed by atoms with Gasteiger partial charge in [-0.3, -0.25) is 9.59 Å². The molecule has 1 saturated heterocycles. The van der Waals surface area contributed by atoms with Crippen molar-refractivity contribution in [1.82, 2.24) is 10.2 Å². The third-order valence-corrected chi connectivity index (χ3v) is 3.50. The number of nitrogens with zero attached hydrogens (tertiary/aromatic N) is 1. The van der Waals surface area contributed by atoms with Crippen LogP contribution in [-0.2, 0) is 4.79 Å². The first kappa shape index (κ1) is 13.5. The smallest absolute Gasteiger partial charge is 0.254 e. The number of nitrogens with one attached hydrogen (secondary N) is 1. The number of halogens is 1. The molecule has 5 heteroatoms. The van der Waals surface area contributed by atoms with E-state index in [4.69, 9.17) is 0 Å². The highest BCUT2D eigenvalue weighted by molar-refractivity contribution is 5.99. The molecule has 1 N–H and O–H groups in total. The maximum atomic E-state index is 13.2. The Kier molecular flexibility index (Phi) is 3.30. The number of carbonyl (C=O) groups excluding carboxylic acids is 2. The third kappa shape index (κ3) is 2.32. The number of carbonyl (C=O) groups is 2. The van der Waals surface area contributed by atoms with Gasteiger partial charge in [0.15, 0.2) is 0 Å². The van der Waals surface area contributed by atoms with Gasteiger partial charge >= 0.3 is 0 Å². The Balaban J connectivity index is 2.32. The minimum atomic E-state index is -0.891. The van der Waals surface area contributed by atoms with Crippen LogP contribution in [-0.4, -0.2) is 35.3 Å². The van der Waals surface area contributed by atoms with E-state index in [1.54, 1.807) is 20.8 Å². The summed E-state index contributed by atoms with van der Waals surface area (Å²) in [5.74, 6) is -0.763. The number of hydrogen-bond acceptors (Lipinski definition) is 2. The molecule has 0 radical (unpaired) electrons. The summed E-state index contributed by atoms with van der Waals surface area (Å²) in [6, 6.07) is 4.24. The molecule has 1 heterocycles. The van der Waals surface area contributed by atoms with Crippen molar-refractivity contribution in [3.05, 3.63) is 35.1 Å². The monoisotopic (exact) mass is 264 g/mol. The molecule has 0 unspecified atom stereocenters. The quantitative estimate of drug-likeness (QED) is 0.835. The lowest BCUT2D eigenvalue weighted by molar-refractivity contribution is -0.133. The van der Waals surface area contributed by atoms with Gasteiger partial charge in [0, 0.05) is 18.7 Å². The Hall–Kier alpha value is -1.91. The van der Waals surface area contributed by atoms with Crippen LogP contribution in [0.15, 0.2) is 18.2 Å². The standard InChI is InChI=1S/C14H17FN2O2/c1-9-8-10(4-5-11(9)15)12(18)17-7-6-16-13(19)14(17,2)3/h4-5,8H,6-7H2,1-3H3,(H,16,19). The zero-order chi connectivity index (χ0) is 14.2. The number of hydrogen-bond donors (Lipinski definition) is 1. The van der Waals surface area contributed by atoms with E-state index in [0.717, 1.165) is 0 Å². The molecule has 1 aromatic carbocycles. The molecular weight excluding hydrogens is 247 g/mol.